The van der Waals surface area contributed by atoms with E-state index in [0.29, 0.717) is 38.2 Å². The molecule has 4 nitrogen and oxygen atoms in total. The maximum atomic E-state index is 13.1. The van der Waals surface area contributed by atoms with Crippen molar-refractivity contribution < 1.29 is 27.8 Å². The Balaban J connectivity index is 2.04. The Bertz CT molecular complexity index is 507. The van der Waals surface area contributed by atoms with E-state index in [-0.39, 0.29) is 24.1 Å². The molecule has 7 heteroatoms. The second kappa shape index (κ2) is 6.44. The minimum Gasteiger partial charge on any atom is -0.396 e. The highest BCUT2D eigenvalue weighted by Crippen LogP contribution is 2.31. The third-order valence-corrected chi connectivity index (χ3v) is 3.70. The number of hydrogen-bond donors (Lipinski definition) is 2. The molecule has 0 bridgehead atoms. The molecule has 116 valence electrons. The maximum Gasteiger partial charge on any atom is 0.251 e. The molecule has 1 amide bonds. The number of benzene rings is 1. The second-order valence-electron chi connectivity index (χ2n) is 5.21. The molecule has 1 aromatic rings. The number of rotatable bonds is 5. The van der Waals surface area contributed by atoms with Crippen LogP contribution in [0.2, 0.25) is 0 Å². The second-order valence-corrected chi connectivity index (χ2v) is 5.21. The van der Waals surface area contributed by atoms with Crippen molar-refractivity contribution in [3.05, 3.63) is 35.1 Å². The van der Waals surface area contributed by atoms with Gasteiger partial charge < -0.3 is 15.2 Å². The van der Waals surface area contributed by atoms with Gasteiger partial charge in [-0.3, -0.25) is 4.79 Å². The molecule has 2 N–H and O–H groups in total. The third-order valence-electron chi connectivity index (χ3n) is 3.70. The van der Waals surface area contributed by atoms with Crippen LogP contribution in [0.4, 0.5) is 13.2 Å². The van der Waals surface area contributed by atoms with E-state index in [1.165, 1.54) is 0 Å². The molecule has 1 unspecified atom stereocenters. The van der Waals surface area contributed by atoms with Crippen LogP contribution in [0.25, 0.3) is 0 Å². The number of carbonyl (C=O) groups excluding carboxylic acids is 1. The van der Waals surface area contributed by atoms with Gasteiger partial charge in [-0.1, -0.05) is 0 Å². The topological polar surface area (TPSA) is 58.6 Å². The lowest BCUT2D eigenvalue weighted by atomic mass is 9.84. The molecule has 1 atom stereocenters. The van der Waals surface area contributed by atoms with E-state index in [9.17, 15) is 18.0 Å². The molecule has 0 radical (unpaired) electrons. The van der Waals surface area contributed by atoms with Crippen molar-refractivity contribution >= 4 is 5.91 Å². The molecule has 0 saturated carbocycles. The summed E-state index contributed by atoms with van der Waals surface area (Å²) in [5.41, 5.74) is -0.661. The van der Waals surface area contributed by atoms with E-state index in [1.807, 2.05) is 0 Å². The summed E-state index contributed by atoms with van der Waals surface area (Å²) in [4.78, 5) is 11.9. The zero-order valence-corrected chi connectivity index (χ0v) is 11.3. The summed E-state index contributed by atoms with van der Waals surface area (Å²) in [7, 11) is 0. The van der Waals surface area contributed by atoms with Gasteiger partial charge in [-0.05, 0) is 25.0 Å². The standard InChI is InChI=1S/C14H16F3NO3/c15-10-5-9(6-11(16)12(10)17)13(20)18-7-14(1-3-19)2-4-21-8-14/h5-6,19H,1-4,7-8H2,(H,18,20). The Morgan fingerprint density at radius 1 is 1.33 bits per heavy atom. The van der Waals surface area contributed by atoms with E-state index in [4.69, 9.17) is 9.84 Å². The summed E-state index contributed by atoms with van der Waals surface area (Å²) in [6.45, 7) is 1.11. The van der Waals surface area contributed by atoms with E-state index in [1.54, 1.807) is 0 Å². The molecule has 0 aromatic heterocycles. The molecule has 0 spiro atoms. The first-order valence-corrected chi connectivity index (χ1v) is 6.59. The van der Waals surface area contributed by atoms with Crippen LogP contribution in [0.5, 0.6) is 0 Å². The van der Waals surface area contributed by atoms with Crippen LogP contribution < -0.4 is 5.32 Å². The Labute approximate surface area is 119 Å². The minimum atomic E-state index is -1.60. The van der Waals surface area contributed by atoms with Gasteiger partial charge in [0.1, 0.15) is 0 Å². The van der Waals surface area contributed by atoms with Gasteiger partial charge in [-0.25, -0.2) is 13.2 Å². The van der Waals surface area contributed by atoms with E-state index < -0.39 is 23.4 Å². The molecule has 1 fully saturated rings. The molecule has 0 aliphatic carbocycles. The monoisotopic (exact) mass is 303 g/mol. The molecule has 1 aromatic carbocycles. The van der Waals surface area contributed by atoms with Crippen molar-refractivity contribution in [2.24, 2.45) is 5.41 Å². The van der Waals surface area contributed by atoms with Crippen molar-refractivity contribution in [1.29, 1.82) is 0 Å². The number of ether oxygens (including phenoxy) is 1. The fraction of sp³-hybridized carbons (Fsp3) is 0.500. The van der Waals surface area contributed by atoms with Gasteiger partial charge in [0.25, 0.3) is 5.91 Å². The Hall–Kier alpha value is -1.60. The number of aliphatic hydroxyl groups excluding tert-OH is 1. The minimum absolute atomic E-state index is 0.0426. The summed E-state index contributed by atoms with van der Waals surface area (Å²) >= 11 is 0. The van der Waals surface area contributed by atoms with Crippen LogP contribution >= 0.6 is 0 Å². The summed E-state index contributed by atoms with van der Waals surface area (Å²) in [5, 5.41) is 11.6. The number of halogens is 3. The van der Waals surface area contributed by atoms with Gasteiger partial charge >= 0.3 is 0 Å². The fourth-order valence-corrected chi connectivity index (χ4v) is 2.37. The normalized spacial score (nSPS) is 21.5. The predicted molar refractivity (Wildman–Crippen MR) is 68.2 cm³/mol. The van der Waals surface area contributed by atoms with Crippen molar-refractivity contribution in [1.82, 2.24) is 5.32 Å². The molecule has 21 heavy (non-hydrogen) atoms. The van der Waals surface area contributed by atoms with Gasteiger partial charge in [-0.15, -0.1) is 0 Å². The fourth-order valence-electron chi connectivity index (χ4n) is 2.37. The van der Waals surface area contributed by atoms with Crippen LogP contribution in [-0.4, -0.2) is 37.4 Å². The first-order chi connectivity index (χ1) is 9.97. The van der Waals surface area contributed by atoms with Gasteiger partial charge in [0.2, 0.25) is 0 Å². The van der Waals surface area contributed by atoms with Crippen LogP contribution in [0.15, 0.2) is 12.1 Å². The Kier molecular flexibility index (Phi) is 4.84. The van der Waals surface area contributed by atoms with E-state index >= 15 is 0 Å². The van der Waals surface area contributed by atoms with Gasteiger partial charge in [0, 0.05) is 30.7 Å². The van der Waals surface area contributed by atoms with Gasteiger partial charge in [-0.2, -0.15) is 0 Å². The van der Waals surface area contributed by atoms with E-state index in [0.717, 1.165) is 0 Å². The molecule has 1 aliphatic heterocycles. The van der Waals surface area contributed by atoms with Crippen LogP contribution in [0.3, 0.4) is 0 Å². The average Bonchev–Trinajstić information content (AvgIpc) is 2.91. The zero-order valence-electron chi connectivity index (χ0n) is 11.3. The summed E-state index contributed by atoms with van der Waals surface area (Å²) in [5.74, 6) is -5.12. The molecule has 1 saturated heterocycles. The maximum absolute atomic E-state index is 13.1. The van der Waals surface area contributed by atoms with Crippen LogP contribution in [0, 0.1) is 22.9 Å². The average molecular weight is 303 g/mol. The van der Waals surface area contributed by atoms with Crippen molar-refractivity contribution in [3.63, 3.8) is 0 Å². The Morgan fingerprint density at radius 3 is 2.52 bits per heavy atom. The summed E-state index contributed by atoms with van der Waals surface area (Å²) < 4.78 is 44.3. The third kappa shape index (κ3) is 3.54. The highest BCUT2D eigenvalue weighted by atomic mass is 19.2. The predicted octanol–water partition coefficient (Wildman–Crippen LogP) is 1.62. The number of aliphatic hydroxyl groups is 1. The summed E-state index contributed by atoms with van der Waals surface area (Å²) in [6.07, 6.45) is 1.14. The lowest BCUT2D eigenvalue weighted by molar-refractivity contribution is 0.0888. The lowest BCUT2D eigenvalue weighted by Gasteiger charge is -2.26. The molecular formula is C14H16F3NO3. The largest absolute Gasteiger partial charge is 0.396 e. The number of hydrogen-bond acceptors (Lipinski definition) is 3. The summed E-state index contributed by atoms with van der Waals surface area (Å²) in [6, 6.07) is 1.30. The molecule has 2 rings (SSSR count). The quantitative estimate of drug-likeness (QED) is 0.813. The van der Waals surface area contributed by atoms with Gasteiger partial charge in [0.05, 0.1) is 6.61 Å². The first kappa shape index (κ1) is 15.8. The highest BCUT2D eigenvalue weighted by Gasteiger charge is 2.34. The molecule has 1 heterocycles. The number of carbonyl (C=O) groups is 1. The SMILES string of the molecule is O=C(NCC1(CCO)CCOC1)c1cc(F)c(F)c(F)c1. The van der Waals surface area contributed by atoms with Crippen molar-refractivity contribution in [2.75, 3.05) is 26.4 Å². The van der Waals surface area contributed by atoms with Crippen LogP contribution in [-0.2, 0) is 4.74 Å². The lowest BCUT2D eigenvalue weighted by Crippen LogP contribution is -2.38. The van der Waals surface area contributed by atoms with Gasteiger partial charge in [0.15, 0.2) is 17.5 Å². The van der Waals surface area contributed by atoms with E-state index in [2.05, 4.69) is 5.32 Å². The first-order valence-electron chi connectivity index (χ1n) is 6.59. The molecule has 1 aliphatic rings. The van der Waals surface area contributed by atoms with Crippen molar-refractivity contribution in [3.8, 4) is 0 Å². The molecular weight excluding hydrogens is 287 g/mol. The zero-order chi connectivity index (χ0) is 15.5. The van der Waals surface area contributed by atoms with Crippen molar-refractivity contribution in [2.45, 2.75) is 12.8 Å². The number of amides is 1. The Morgan fingerprint density at radius 2 is 2.00 bits per heavy atom. The smallest absolute Gasteiger partial charge is 0.251 e. The number of nitrogens with one attached hydrogen (secondary N) is 1. The van der Waals surface area contributed by atoms with Crippen LogP contribution in [0.1, 0.15) is 23.2 Å². The highest BCUT2D eigenvalue weighted by molar-refractivity contribution is 5.94.